The summed E-state index contributed by atoms with van der Waals surface area (Å²) < 4.78 is 34.9. The molecule has 12 heteroatoms. The van der Waals surface area contributed by atoms with Gasteiger partial charge in [-0.25, -0.2) is 0 Å². The number of benzene rings is 23. The van der Waals surface area contributed by atoms with Gasteiger partial charge in [0.2, 0.25) is 0 Å². The third-order valence-electron chi connectivity index (χ3n) is 29.4. The molecule has 0 aliphatic rings. The van der Waals surface area contributed by atoms with Gasteiger partial charge in [-0.1, -0.05) is 309 Å². The number of anilines is 9. The summed E-state index contributed by atoms with van der Waals surface area (Å²) in [5, 5.41) is 25.1. The second kappa shape index (κ2) is 35.2. The highest BCUT2D eigenvalue weighted by Crippen LogP contribution is 2.57. The predicted octanol–water partition coefficient (Wildman–Crippen LogP) is 43.2. The van der Waals surface area contributed by atoms with Crippen molar-refractivity contribution in [1.29, 1.82) is 0 Å². The maximum atomic E-state index is 6.45. The van der Waals surface area contributed by atoms with Crippen molar-refractivity contribution in [3.05, 3.63) is 491 Å². The fourth-order valence-electron chi connectivity index (χ4n) is 22.7. The molecule has 0 saturated carbocycles. The van der Waals surface area contributed by atoms with Crippen LogP contribution in [0.1, 0.15) is 0 Å². The summed E-state index contributed by atoms with van der Waals surface area (Å²) in [7, 11) is 0. The highest BCUT2D eigenvalue weighted by Gasteiger charge is 2.29. The molecule has 0 unspecified atom stereocenters. The van der Waals surface area contributed by atoms with Crippen molar-refractivity contribution in [3.63, 3.8) is 0 Å². The average molecular weight is 2000 g/mol. The Bertz CT molecular complexity index is 10900. The van der Waals surface area contributed by atoms with Gasteiger partial charge in [0.15, 0.2) is 0 Å². The van der Waals surface area contributed by atoms with E-state index >= 15 is 0 Å². The number of thiophene rings is 6. The van der Waals surface area contributed by atoms with E-state index < -0.39 is 0 Å². The number of fused-ring (bicyclic) bond motifs is 31. The number of furan rings is 3. The average Bonchev–Trinajstić information content (AvgIpc) is 1.56. The summed E-state index contributed by atoms with van der Waals surface area (Å²) in [5.74, 6) is 0. The van der Waals surface area contributed by atoms with Crippen LogP contribution in [-0.4, -0.2) is 0 Å². The monoisotopic (exact) mass is 2000 g/mol. The summed E-state index contributed by atoms with van der Waals surface area (Å²) in [6, 6.07) is 177. The van der Waals surface area contributed by atoms with Crippen LogP contribution in [0.25, 0.3) is 242 Å². The normalized spacial score (nSPS) is 11.9. The zero-order valence-electron chi connectivity index (χ0n) is 79.3. The third kappa shape index (κ3) is 14.3. The molecule has 0 saturated heterocycles. The van der Waals surface area contributed by atoms with Gasteiger partial charge in [0, 0.05) is 182 Å². The maximum Gasteiger partial charge on any atom is 0.137 e. The number of hydrogen-bond donors (Lipinski definition) is 0. The summed E-state index contributed by atoms with van der Waals surface area (Å²) in [6.07, 6.45) is 0. The van der Waals surface area contributed by atoms with Crippen molar-refractivity contribution in [3.8, 4) is 44.5 Å². The van der Waals surface area contributed by atoms with Crippen LogP contribution in [0.2, 0.25) is 0 Å². The second-order valence-electron chi connectivity index (χ2n) is 37.8. The van der Waals surface area contributed by atoms with E-state index in [2.05, 4.69) is 476 Å². The highest BCUT2D eigenvalue weighted by atomic mass is 32.1. The van der Waals surface area contributed by atoms with Gasteiger partial charge in [0.25, 0.3) is 0 Å². The fourth-order valence-corrected chi connectivity index (χ4v) is 30.1. The van der Waals surface area contributed by atoms with Crippen molar-refractivity contribution in [1.82, 2.24) is 0 Å². The van der Waals surface area contributed by atoms with E-state index in [0.29, 0.717) is 0 Å². The Labute approximate surface area is 873 Å². The van der Waals surface area contributed by atoms with E-state index in [0.717, 1.165) is 111 Å². The van der Waals surface area contributed by atoms with E-state index in [1.165, 1.54) is 182 Å². The molecule has 6 nitrogen and oxygen atoms in total. The largest absolute Gasteiger partial charge is 0.456 e. The summed E-state index contributed by atoms with van der Waals surface area (Å²) >= 11 is 11.3. The summed E-state index contributed by atoms with van der Waals surface area (Å²) in [5.41, 5.74) is 25.1. The van der Waals surface area contributed by atoms with Crippen LogP contribution in [0.5, 0.6) is 0 Å². The van der Waals surface area contributed by atoms with Crippen molar-refractivity contribution >= 4 is 317 Å². The molecule has 0 amide bonds. The first-order valence-electron chi connectivity index (χ1n) is 49.8. The van der Waals surface area contributed by atoms with Gasteiger partial charge in [-0.2, -0.15) is 0 Å². The minimum atomic E-state index is 0.882. The van der Waals surface area contributed by atoms with Crippen molar-refractivity contribution in [2.75, 3.05) is 14.7 Å². The van der Waals surface area contributed by atoms with Gasteiger partial charge in [-0.05, 0) is 231 Å². The van der Waals surface area contributed by atoms with E-state index in [4.69, 9.17) is 13.3 Å². The first-order valence-corrected chi connectivity index (χ1v) is 54.7. The Morgan fingerprint density at radius 3 is 0.980 bits per heavy atom. The zero-order chi connectivity index (χ0) is 97.1. The van der Waals surface area contributed by atoms with E-state index in [1.54, 1.807) is 0 Å². The van der Waals surface area contributed by atoms with Crippen LogP contribution in [0.3, 0.4) is 0 Å². The summed E-state index contributed by atoms with van der Waals surface area (Å²) in [4.78, 5) is 7.30. The molecule has 0 bridgehead atoms. The lowest BCUT2D eigenvalue weighted by Gasteiger charge is -2.27. The molecule has 9 heterocycles. The SMILES string of the molecule is c1ccc(-c2ccc(N(c3ccc4oc5ccccc5c4c3)c3cccc4sc5ccc6c7ccccc7sc6c5c34)cc2)cc1.c1ccc(-c2cccc(-c3ccc(N(c4cccc5oc6ccccc6c45)c4cccc5sc6ccc7c8ccccc8sc7c6c45)cc3)c2)cc1.c1ccc2c(-c3ccc(N(c4ccc5c(c4)oc4ccccc45)c4cccc5sc6ccc7c8ccccc8sc7c6c45)cc3)cccc2c1. The number of hydrogen-bond acceptors (Lipinski definition) is 12. The van der Waals surface area contributed by atoms with Crippen LogP contribution >= 0.6 is 68.0 Å². The van der Waals surface area contributed by atoms with Crippen molar-refractivity contribution < 1.29 is 13.3 Å². The predicted molar refractivity (Wildman–Crippen MR) is 642 cm³/mol. The molecule has 0 radical (unpaired) electrons. The lowest BCUT2D eigenvalue weighted by atomic mass is 9.98. The van der Waals surface area contributed by atoms with Crippen molar-refractivity contribution in [2.24, 2.45) is 0 Å². The van der Waals surface area contributed by atoms with Gasteiger partial charge in [0.1, 0.15) is 33.5 Å². The van der Waals surface area contributed by atoms with Gasteiger partial charge in [-0.15, -0.1) is 68.0 Å². The van der Waals surface area contributed by atoms with Gasteiger partial charge < -0.3 is 28.0 Å². The first kappa shape index (κ1) is 86.0. The van der Waals surface area contributed by atoms with Gasteiger partial charge in [0.05, 0.1) is 28.1 Å². The molecule has 9 aromatic heterocycles. The highest BCUT2D eigenvalue weighted by molar-refractivity contribution is 7.31. The zero-order valence-corrected chi connectivity index (χ0v) is 84.2. The van der Waals surface area contributed by atoms with E-state index in [-0.39, 0.29) is 0 Å². The Hall–Kier alpha value is -17.6. The molecule has 0 aliphatic heterocycles. The van der Waals surface area contributed by atoms with Crippen LogP contribution in [0.4, 0.5) is 51.2 Å². The lowest BCUT2D eigenvalue weighted by Crippen LogP contribution is -2.10. The molecule has 0 atom stereocenters. The van der Waals surface area contributed by atoms with Crippen molar-refractivity contribution in [2.45, 2.75) is 0 Å². The molecule has 23 aromatic carbocycles. The van der Waals surface area contributed by atoms with Crippen LogP contribution in [0.15, 0.2) is 505 Å². The number of rotatable bonds is 13. The Morgan fingerprint density at radius 1 is 0.142 bits per heavy atom. The third-order valence-corrected chi connectivity index (χ3v) is 36.4. The molecule has 694 valence electrons. The Balaban J connectivity index is 0.000000103. The molecule has 0 N–H and O–H groups in total. The topological polar surface area (TPSA) is 49.1 Å². The standard InChI is InChI=1S/C48H29NOS2.C46H27NOS2.C42H25NOS2/c1-2-11-30(12-3-1)32-13-8-14-33(29-32)31-23-25-34(26-24-31)49(38-17-9-20-41-45(38)37-16-4-6-19-40(37)50-41)39-18-10-22-43-46(39)47-44(51-43)28-27-36-35-15-5-7-21-42(35)52-48(36)47;1-2-11-32-28(9-1)10-7-14-33(32)29-19-21-30(22-20-29)47(31-23-24-35-34-12-3-5-16-39(34)48-40(35)27-31)38-15-8-18-42-44(38)45-43(49-42)26-25-37-36-13-4-6-17-41(36)50-46(37)45;1-2-9-26(10-3-1)27-17-19-28(20-18-27)43(29-21-23-36-33(25-29)30-11-4-6-14-35(30)44-36)34-13-8-16-38-40(34)41-39(45-38)24-22-32-31-12-5-7-15-37(31)46-42(32)41/h1-29H;1-27H;1-25H. The Morgan fingerprint density at radius 2 is 0.453 bits per heavy atom. The smallest absolute Gasteiger partial charge is 0.137 e. The van der Waals surface area contributed by atoms with Crippen LogP contribution < -0.4 is 14.7 Å². The Kier molecular flexibility index (Phi) is 20.4. The van der Waals surface area contributed by atoms with Gasteiger partial charge in [-0.3, -0.25) is 0 Å². The molecule has 148 heavy (non-hydrogen) atoms. The molecule has 0 spiro atoms. The minimum absolute atomic E-state index is 0.882. The molecule has 0 fully saturated rings. The summed E-state index contributed by atoms with van der Waals surface area (Å²) in [6.45, 7) is 0. The number of para-hydroxylation sites is 3. The van der Waals surface area contributed by atoms with Crippen LogP contribution in [-0.2, 0) is 0 Å². The fraction of sp³-hybridized carbons (Fsp3) is 0. The molecular formula is C136H81N3O3S6. The molecule has 32 rings (SSSR count). The molecule has 32 aromatic rings. The number of nitrogens with zero attached hydrogens (tertiary/aromatic N) is 3. The minimum Gasteiger partial charge on any atom is -0.456 e. The quantitative estimate of drug-likeness (QED) is 0.115. The first-order chi connectivity index (χ1) is 73.4. The van der Waals surface area contributed by atoms with E-state index in [9.17, 15) is 0 Å². The lowest BCUT2D eigenvalue weighted by molar-refractivity contribution is 0.668. The molecule has 0 aliphatic carbocycles. The maximum absolute atomic E-state index is 6.45. The van der Waals surface area contributed by atoms with Gasteiger partial charge >= 0.3 is 0 Å². The van der Waals surface area contributed by atoms with E-state index in [1.807, 2.05) is 98.4 Å². The van der Waals surface area contributed by atoms with Crippen LogP contribution in [0, 0.1) is 0 Å². The molecular weight excluding hydrogens is 1920 g/mol. The second-order valence-corrected chi connectivity index (χ2v) is 44.2.